The Morgan fingerprint density at radius 2 is 1.72 bits per heavy atom. The van der Waals surface area contributed by atoms with Crippen LogP contribution in [0.4, 0.5) is 5.69 Å². The zero-order chi connectivity index (χ0) is 17.4. The number of hydrogen-bond acceptors (Lipinski definition) is 2. The molecule has 2 aliphatic heterocycles. The van der Waals surface area contributed by atoms with E-state index in [2.05, 4.69) is 25.4 Å². The summed E-state index contributed by atoms with van der Waals surface area (Å²) < 4.78 is 3.36. The highest BCUT2D eigenvalue weighted by molar-refractivity contribution is 9.10. The summed E-state index contributed by atoms with van der Waals surface area (Å²) in [5, 5.41) is 12.5. The van der Waals surface area contributed by atoms with Gasteiger partial charge in [0.15, 0.2) is 6.54 Å². The number of hydrogen-bond donors (Lipinski definition) is 1. The predicted octanol–water partition coefficient (Wildman–Crippen LogP) is 4.75. The van der Waals surface area contributed by atoms with Crippen LogP contribution in [0.15, 0.2) is 53.0 Å². The first-order valence-corrected chi connectivity index (χ1v) is 9.90. The molecule has 2 aromatic rings. The minimum atomic E-state index is -1.07. The summed E-state index contributed by atoms with van der Waals surface area (Å²) >= 11 is 9.57. The van der Waals surface area contributed by atoms with Crippen LogP contribution in [0.5, 0.6) is 0 Å². The van der Waals surface area contributed by atoms with E-state index >= 15 is 0 Å². The van der Waals surface area contributed by atoms with E-state index in [0.29, 0.717) is 11.6 Å². The van der Waals surface area contributed by atoms with Gasteiger partial charge in [-0.3, -0.25) is 4.58 Å². The zero-order valence-corrected chi connectivity index (χ0v) is 16.3. The summed E-state index contributed by atoms with van der Waals surface area (Å²) in [5.74, 6) is 1.21. The maximum absolute atomic E-state index is 11.8. The van der Waals surface area contributed by atoms with Crippen molar-refractivity contribution in [2.45, 2.75) is 31.4 Å². The first-order chi connectivity index (χ1) is 12.1. The van der Waals surface area contributed by atoms with Gasteiger partial charge in [0.05, 0.1) is 6.54 Å². The van der Waals surface area contributed by atoms with Crippen LogP contribution in [-0.2, 0) is 5.72 Å². The van der Waals surface area contributed by atoms with Crippen LogP contribution in [0, 0.1) is 0 Å². The molecule has 4 rings (SSSR count). The molecule has 130 valence electrons. The Kier molecular flexibility index (Phi) is 4.61. The van der Waals surface area contributed by atoms with E-state index in [1.165, 1.54) is 18.7 Å². The van der Waals surface area contributed by atoms with Gasteiger partial charge in [0.2, 0.25) is 0 Å². The van der Waals surface area contributed by atoms with Crippen molar-refractivity contribution in [3.63, 3.8) is 0 Å². The average Bonchev–Trinajstić information content (AvgIpc) is 2.74. The topological polar surface area (TPSA) is 26.5 Å². The van der Waals surface area contributed by atoms with Crippen molar-refractivity contribution in [2.24, 2.45) is 0 Å². The molecule has 1 atom stereocenters. The Hall–Kier alpha value is -1.36. The Balaban J connectivity index is 1.83. The molecule has 0 saturated heterocycles. The fourth-order valence-electron chi connectivity index (χ4n) is 3.91. The molecule has 0 aromatic heterocycles. The summed E-state index contributed by atoms with van der Waals surface area (Å²) in [6.07, 6.45) is 4.56. The van der Waals surface area contributed by atoms with Gasteiger partial charge in [0.25, 0.3) is 11.6 Å². The van der Waals surface area contributed by atoms with E-state index < -0.39 is 5.72 Å². The smallest absolute Gasteiger partial charge is 0.275 e. The Bertz CT molecular complexity index is 803. The summed E-state index contributed by atoms with van der Waals surface area (Å²) in [6, 6.07) is 15.7. The second kappa shape index (κ2) is 6.75. The second-order valence-electron chi connectivity index (χ2n) is 6.78. The molecule has 0 spiro atoms. The van der Waals surface area contributed by atoms with Crippen molar-refractivity contribution in [1.82, 2.24) is 0 Å². The van der Waals surface area contributed by atoms with Crippen molar-refractivity contribution in [3.05, 3.63) is 63.6 Å². The van der Waals surface area contributed by atoms with Gasteiger partial charge in [0, 0.05) is 21.5 Å². The Morgan fingerprint density at radius 3 is 2.44 bits per heavy atom. The van der Waals surface area contributed by atoms with Crippen LogP contribution in [0.2, 0.25) is 5.02 Å². The normalized spacial score (nSPS) is 23.6. The lowest BCUT2D eigenvalue weighted by Crippen LogP contribution is -2.47. The van der Waals surface area contributed by atoms with Gasteiger partial charge in [-0.1, -0.05) is 39.7 Å². The summed E-state index contributed by atoms with van der Waals surface area (Å²) in [4.78, 5) is 2.11. The molecule has 1 N–H and O–H groups in total. The van der Waals surface area contributed by atoms with Crippen LogP contribution in [0.3, 0.4) is 0 Å². The molecule has 0 bridgehead atoms. The van der Waals surface area contributed by atoms with Crippen LogP contribution in [-0.4, -0.2) is 28.6 Å². The Labute approximate surface area is 161 Å². The standard InChI is InChI=1S/C20H21BrClN2O/c21-16-7-5-15(6-8-16)20(25)14-23-13-3-1-2-4-19(23)24(20)18-11-9-17(22)10-12-18/h5-12,25H,1-4,13-14H2/q+1/t20-/m0/s1. The van der Waals surface area contributed by atoms with Gasteiger partial charge in [-0.25, -0.2) is 0 Å². The lowest BCUT2D eigenvalue weighted by atomic mass is 10.00. The number of benzene rings is 2. The molecule has 25 heavy (non-hydrogen) atoms. The second-order valence-corrected chi connectivity index (χ2v) is 8.14. The van der Waals surface area contributed by atoms with E-state index in [0.717, 1.165) is 35.1 Å². The van der Waals surface area contributed by atoms with E-state index in [4.69, 9.17) is 11.6 Å². The summed E-state index contributed by atoms with van der Waals surface area (Å²) in [6.45, 7) is 1.59. The van der Waals surface area contributed by atoms with Gasteiger partial charge in [-0.05, 0) is 55.7 Å². The minimum absolute atomic E-state index is 0.590. The molecule has 0 radical (unpaired) electrons. The molecule has 0 fully saturated rings. The number of nitrogens with zero attached hydrogens (tertiary/aromatic N) is 2. The number of aliphatic hydroxyl groups is 1. The third-order valence-corrected chi connectivity index (χ3v) is 5.90. The van der Waals surface area contributed by atoms with Crippen LogP contribution >= 0.6 is 27.5 Å². The van der Waals surface area contributed by atoms with Gasteiger partial charge in [-0.15, -0.1) is 0 Å². The maximum Gasteiger partial charge on any atom is 0.275 e. The fourth-order valence-corrected chi connectivity index (χ4v) is 4.30. The molecule has 2 aliphatic rings. The lowest BCUT2D eigenvalue weighted by molar-refractivity contribution is -0.534. The van der Waals surface area contributed by atoms with E-state index in [1.807, 2.05) is 48.5 Å². The highest BCUT2D eigenvalue weighted by Crippen LogP contribution is 2.38. The van der Waals surface area contributed by atoms with E-state index in [-0.39, 0.29) is 0 Å². The molecular weight excluding hydrogens is 400 g/mol. The maximum atomic E-state index is 11.8. The molecule has 5 heteroatoms. The van der Waals surface area contributed by atoms with Gasteiger partial charge >= 0.3 is 0 Å². The third-order valence-electron chi connectivity index (χ3n) is 5.12. The molecular formula is C20H21BrClN2O+. The highest BCUT2D eigenvalue weighted by Gasteiger charge is 2.53. The van der Waals surface area contributed by atoms with Crippen molar-refractivity contribution in [2.75, 3.05) is 18.0 Å². The third kappa shape index (κ3) is 3.12. The quantitative estimate of drug-likeness (QED) is 0.710. The molecule has 0 amide bonds. The minimum Gasteiger partial charge on any atom is -0.346 e. The highest BCUT2D eigenvalue weighted by atomic mass is 79.9. The molecule has 2 heterocycles. The number of halogens is 2. The van der Waals surface area contributed by atoms with Crippen LogP contribution < -0.4 is 4.90 Å². The first kappa shape index (κ1) is 17.1. The molecule has 0 saturated carbocycles. The van der Waals surface area contributed by atoms with Crippen molar-refractivity contribution >= 4 is 39.1 Å². The van der Waals surface area contributed by atoms with E-state index in [1.54, 1.807) is 0 Å². The predicted molar refractivity (Wildman–Crippen MR) is 105 cm³/mol. The van der Waals surface area contributed by atoms with Gasteiger partial charge in [-0.2, -0.15) is 4.90 Å². The number of rotatable bonds is 2. The molecule has 3 nitrogen and oxygen atoms in total. The Morgan fingerprint density at radius 1 is 1.00 bits per heavy atom. The fraction of sp³-hybridized carbons (Fsp3) is 0.350. The average molecular weight is 421 g/mol. The van der Waals surface area contributed by atoms with Crippen molar-refractivity contribution < 1.29 is 9.68 Å². The largest absolute Gasteiger partial charge is 0.346 e. The number of amidine groups is 1. The van der Waals surface area contributed by atoms with E-state index in [9.17, 15) is 5.11 Å². The lowest BCUT2D eigenvalue weighted by Gasteiger charge is -2.29. The monoisotopic (exact) mass is 419 g/mol. The summed E-state index contributed by atoms with van der Waals surface area (Å²) in [5.41, 5.74) is 0.821. The van der Waals surface area contributed by atoms with Crippen LogP contribution in [0.25, 0.3) is 0 Å². The zero-order valence-electron chi connectivity index (χ0n) is 14.0. The van der Waals surface area contributed by atoms with Gasteiger partial charge < -0.3 is 5.11 Å². The van der Waals surface area contributed by atoms with Crippen molar-refractivity contribution in [1.29, 1.82) is 0 Å². The number of anilines is 1. The molecule has 0 unspecified atom stereocenters. The summed E-state index contributed by atoms with van der Waals surface area (Å²) in [7, 11) is 0. The SMILES string of the molecule is O[C@]1(c2ccc(Br)cc2)C[N+]2=C(CCCCC2)N1c1ccc(Cl)cc1. The van der Waals surface area contributed by atoms with Crippen molar-refractivity contribution in [3.8, 4) is 0 Å². The van der Waals surface area contributed by atoms with Crippen LogP contribution in [0.1, 0.15) is 31.2 Å². The van der Waals surface area contributed by atoms with Gasteiger partial charge in [0.1, 0.15) is 5.69 Å². The molecule has 0 aliphatic carbocycles. The first-order valence-electron chi connectivity index (χ1n) is 8.73. The molecule has 2 aromatic carbocycles.